The molecule has 2 atom stereocenters. The van der Waals surface area contributed by atoms with Crippen molar-refractivity contribution in [3.63, 3.8) is 0 Å². The maximum Gasteiger partial charge on any atom is 0.307 e. The third-order valence-electron chi connectivity index (χ3n) is 3.61. The van der Waals surface area contributed by atoms with Crippen LogP contribution in [-0.4, -0.2) is 17.0 Å². The largest absolute Gasteiger partial charge is 0.481 e. The molecule has 0 aliphatic heterocycles. The predicted molar refractivity (Wildman–Crippen MR) is 78.2 cm³/mol. The first kappa shape index (κ1) is 15.1. The lowest BCUT2D eigenvalue weighted by molar-refractivity contribution is -0.147. The lowest BCUT2D eigenvalue weighted by atomic mass is 9.78. The van der Waals surface area contributed by atoms with E-state index in [0.717, 1.165) is 12.8 Å². The van der Waals surface area contributed by atoms with Gasteiger partial charge in [-0.2, -0.15) is 0 Å². The molecule has 0 heterocycles. The number of benzene rings is 1. The number of anilines is 1. The summed E-state index contributed by atoms with van der Waals surface area (Å²) < 4.78 is 0. The first-order chi connectivity index (χ1) is 9.49. The molecule has 0 unspecified atom stereocenters. The Morgan fingerprint density at radius 2 is 1.75 bits per heavy atom. The van der Waals surface area contributed by atoms with E-state index in [-0.39, 0.29) is 5.91 Å². The third-order valence-corrected chi connectivity index (χ3v) is 4.35. The summed E-state index contributed by atoms with van der Waals surface area (Å²) in [6.07, 6.45) is 2.88. The second-order valence-electron chi connectivity index (χ2n) is 4.95. The predicted octanol–water partition coefficient (Wildman–Crippen LogP) is 3.82. The molecular weight excluding hydrogens is 301 g/mol. The van der Waals surface area contributed by atoms with Gasteiger partial charge in [0.25, 0.3) is 0 Å². The van der Waals surface area contributed by atoms with Crippen LogP contribution in [0, 0.1) is 11.8 Å². The fraction of sp³-hybridized carbons (Fsp3) is 0.429. The van der Waals surface area contributed by atoms with Crippen molar-refractivity contribution in [3.05, 3.63) is 28.2 Å². The number of hydrogen-bond donors (Lipinski definition) is 2. The smallest absolute Gasteiger partial charge is 0.307 e. The van der Waals surface area contributed by atoms with Crippen LogP contribution in [0.4, 0.5) is 5.69 Å². The quantitative estimate of drug-likeness (QED) is 0.891. The second-order valence-corrected chi connectivity index (χ2v) is 5.77. The molecule has 2 N–H and O–H groups in total. The monoisotopic (exact) mass is 315 g/mol. The average molecular weight is 316 g/mol. The van der Waals surface area contributed by atoms with Gasteiger partial charge in [-0.1, -0.05) is 36.0 Å². The number of carbonyl (C=O) groups is 2. The van der Waals surface area contributed by atoms with Gasteiger partial charge in [-0.3, -0.25) is 9.59 Å². The maximum absolute atomic E-state index is 12.2. The SMILES string of the molecule is O=C(O)[C@H]1CCCC[C@H]1C(=O)Nc1ccc(Cl)c(Cl)c1. The minimum atomic E-state index is -0.904. The van der Waals surface area contributed by atoms with E-state index in [4.69, 9.17) is 23.2 Å². The lowest BCUT2D eigenvalue weighted by Gasteiger charge is -2.27. The Bertz CT molecular complexity index is 533. The van der Waals surface area contributed by atoms with Crippen LogP contribution in [-0.2, 0) is 9.59 Å². The van der Waals surface area contributed by atoms with Crippen LogP contribution < -0.4 is 5.32 Å². The van der Waals surface area contributed by atoms with Crippen molar-refractivity contribution in [2.45, 2.75) is 25.7 Å². The normalized spacial score (nSPS) is 22.3. The number of aliphatic carboxylic acids is 1. The van der Waals surface area contributed by atoms with E-state index in [0.29, 0.717) is 28.6 Å². The molecule has 1 aromatic rings. The van der Waals surface area contributed by atoms with E-state index in [1.807, 2.05) is 0 Å². The Labute approximate surface area is 127 Å². The van der Waals surface area contributed by atoms with Crippen LogP contribution in [0.5, 0.6) is 0 Å². The fourth-order valence-electron chi connectivity index (χ4n) is 2.55. The Morgan fingerprint density at radius 1 is 1.10 bits per heavy atom. The zero-order valence-electron chi connectivity index (χ0n) is 10.7. The van der Waals surface area contributed by atoms with Gasteiger partial charge in [0.2, 0.25) is 5.91 Å². The van der Waals surface area contributed by atoms with Crippen LogP contribution in [0.2, 0.25) is 10.0 Å². The van der Waals surface area contributed by atoms with Gasteiger partial charge in [0.05, 0.1) is 21.9 Å². The minimum Gasteiger partial charge on any atom is -0.481 e. The molecule has 6 heteroatoms. The van der Waals surface area contributed by atoms with Crippen molar-refractivity contribution in [1.29, 1.82) is 0 Å². The molecule has 1 aliphatic rings. The fourth-order valence-corrected chi connectivity index (χ4v) is 2.85. The Morgan fingerprint density at radius 3 is 2.35 bits per heavy atom. The van der Waals surface area contributed by atoms with Crippen LogP contribution in [0.25, 0.3) is 0 Å². The van der Waals surface area contributed by atoms with Crippen molar-refractivity contribution in [1.82, 2.24) is 0 Å². The minimum absolute atomic E-state index is 0.268. The van der Waals surface area contributed by atoms with E-state index in [1.165, 1.54) is 0 Å². The van der Waals surface area contributed by atoms with E-state index in [9.17, 15) is 14.7 Å². The standard InChI is InChI=1S/C14H15Cl2NO3/c15-11-6-5-8(7-12(11)16)17-13(18)9-3-1-2-4-10(9)14(19)20/h5-7,9-10H,1-4H2,(H,17,18)(H,19,20)/t9-,10+/m1/s1. The molecule has 1 saturated carbocycles. The Hall–Kier alpha value is -1.26. The lowest BCUT2D eigenvalue weighted by Crippen LogP contribution is -2.36. The Balaban J connectivity index is 2.09. The van der Waals surface area contributed by atoms with Gasteiger partial charge >= 0.3 is 5.97 Å². The van der Waals surface area contributed by atoms with Crippen molar-refractivity contribution in [2.75, 3.05) is 5.32 Å². The molecule has 0 saturated heterocycles. The second kappa shape index (κ2) is 6.46. The highest BCUT2D eigenvalue weighted by atomic mass is 35.5. The molecule has 0 aromatic heterocycles. The topological polar surface area (TPSA) is 66.4 Å². The molecule has 4 nitrogen and oxygen atoms in total. The van der Waals surface area contributed by atoms with Crippen molar-refractivity contribution >= 4 is 40.8 Å². The third kappa shape index (κ3) is 3.44. The summed E-state index contributed by atoms with van der Waals surface area (Å²) in [7, 11) is 0. The van der Waals surface area contributed by atoms with E-state index >= 15 is 0 Å². The molecule has 0 spiro atoms. The molecule has 1 aromatic carbocycles. The number of carboxylic acids is 1. The van der Waals surface area contributed by atoms with Gasteiger partial charge in [0.15, 0.2) is 0 Å². The number of hydrogen-bond acceptors (Lipinski definition) is 2. The molecule has 108 valence electrons. The summed E-state index contributed by atoms with van der Waals surface area (Å²) in [6.45, 7) is 0. The summed E-state index contributed by atoms with van der Waals surface area (Å²) in [6, 6.07) is 4.79. The molecular formula is C14H15Cl2NO3. The van der Waals surface area contributed by atoms with E-state index in [2.05, 4.69) is 5.32 Å². The highest BCUT2D eigenvalue weighted by Crippen LogP contribution is 2.32. The van der Waals surface area contributed by atoms with Crippen LogP contribution in [0.15, 0.2) is 18.2 Å². The molecule has 0 bridgehead atoms. The average Bonchev–Trinajstić information content (AvgIpc) is 2.43. The zero-order valence-corrected chi connectivity index (χ0v) is 12.2. The van der Waals surface area contributed by atoms with E-state index in [1.54, 1.807) is 18.2 Å². The van der Waals surface area contributed by atoms with Crippen LogP contribution in [0.1, 0.15) is 25.7 Å². The van der Waals surface area contributed by atoms with Crippen LogP contribution >= 0.6 is 23.2 Å². The highest BCUT2D eigenvalue weighted by molar-refractivity contribution is 6.42. The molecule has 1 amide bonds. The molecule has 2 rings (SSSR count). The molecule has 0 radical (unpaired) electrons. The number of carboxylic acid groups (broad SMARTS) is 1. The first-order valence-electron chi connectivity index (χ1n) is 6.48. The molecule has 1 aliphatic carbocycles. The van der Waals surface area contributed by atoms with Gasteiger partial charge in [-0.15, -0.1) is 0 Å². The summed E-state index contributed by atoms with van der Waals surface area (Å²) in [5, 5.41) is 12.7. The van der Waals surface area contributed by atoms with Gasteiger partial charge in [-0.25, -0.2) is 0 Å². The van der Waals surface area contributed by atoms with Crippen LogP contribution in [0.3, 0.4) is 0 Å². The first-order valence-corrected chi connectivity index (χ1v) is 7.23. The van der Waals surface area contributed by atoms with Gasteiger partial charge in [0, 0.05) is 5.69 Å². The molecule has 20 heavy (non-hydrogen) atoms. The number of amides is 1. The van der Waals surface area contributed by atoms with Gasteiger partial charge < -0.3 is 10.4 Å². The zero-order chi connectivity index (χ0) is 14.7. The number of rotatable bonds is 3. The summed E-state index contributed by atoms with van der Waals surface area (Å²) in [4.78, 5) is 23.4. The highest BCUT2D eigenvalue weighted by Gasteiger charge is 2.35. The summed E-state index contributed by atoms with van der Waals surface area (Å²) in [5.74, 6) is -2.27. The summed E-state index contributed by atoms with van der Waals surface area (Å²) in [5.41, 5.74) is 0.527. The maximum atomic E-state index is 12.2. The van der Waals surface area contributed by atoms with Gasteiger partial charge in [-0.05, 0) is 31.0 Å². The number of halogens is 2. The number of carbonyl (C=O) groups excluding carboxylic acids is 1. The van der Waals surface area contributed by atoms with Crippen molar-refractivity contribution in [2.24, 2.45) is 11.8 Å². The Kier molecular flexibility index (Phi) is 4.89. The number of nitrogens with one attached hydrogen (secondary N) is 1. The van der Waals surface area contributed by atoms with Crippen molar-refractivity contribution < 1.29 is 14.7 Å². The van der Waals surface area contributed by atoms with Crippen molar-refractivity contribution in [3.8, 4) is 0 Å². The van der Waals surface area contributed by atoms with E-state index < -0.39 is 17.8 Å². The molecule has 1 fully saturated rings. The summed E-state index contributed by atoms with van der Waals surface area (Å²) >= 11 is 11.7. The van der Waals surface area contributed by atoms with Gasteiger partial charge in [0.1, 0.15) is 0 Å².